The monoisotopic (exact) mass is 251 g/mol. The zero-order valence-corrected chi connectivity index (χ0v) is 10.9. The fourth-order valence-corrected chi connectivity index (χ4v) is 2.77. The minimum atomic E-state index is -0.537. The van der Waals surface area contributed by atoms with Crippen LogP contribution in [0.3, 0.4) is 0 Å². The molecule has 0 bridgehead atoms. The van der Waals surface area contributed by atoms with E-state index >= 15 is 0 Å². The van der Waals surface area contributed by atoms with Crippen molar-refractivity contribution in [3.05, 3.63) is 35.6 Å². The molecule has 1 heterocycles. The van der Waals surface area contributed by atoms with E-state index in [0.29, 0.717) is 6.04 Å². The summed E-state index contributed by atoms with van der Waals surface area (Å²) in [6, 6.07) is 6.77. The minimum Gasteiger partial charge on any atom is -0.387 e. The lowest BCUT2D eigenvalue weighted by atomic mass is 9.90. The van der Waals surface area contributed by atoms with Crippen LogP contribution >= 0.6 is 0 Å². The van der Waals surface area contributed by atoms with Crippen molar-refractivity contribution in [2.45, 2.75) is 57.2 Å². The van der Waals surface area contributed by atoms with Crippen molar-refractivity contribution in [2.24, 2.45) is 0 Å². The molecule has 0 aliphatic carbocycles. The van der Waals surface area contributed by atoms with Gasteiger partial charge in [-0.3, -0.25) is 0 Å². The molecule has 2 nitrogen and oxygen atoms in total. The third-order valence-corrected chi connectivity index (χ3v) is 3.75. The number of rotatable bonds is 4. The summed E-state index contributed by atoms with van der Waals surface area (Å²) < 4.78 is 12.9. The molecule has 0 saturated carbocycles. The second-order valence-electron chi connectivity index (χ2n) is 5.19. The molecule has 0 amide bonds. The van der Waals surface area contributed by atoms with E-state index in [-0.39, 0.29) is 11.9 Å². The molecule has 1 aromatic carbocycles. The van der Waals surface area contributed by atoms with Crippen molar-refractivity contribution < 1.29 is 9.50 Å². The highest BCUT2D eigenvalue weighted by molar-refractivity contribution is 5.20. The van der Waals surface area contributed by atoms with Gasteiger partial charge in [-0.05, 0) is 37.0 Å². The first-order chi connectivity index (χ1) is 8.70. The van der Waals surface area contributed by atoms with E-state index in [2.05, 4.69) is 12.2 Å². The highest BCUT2D eigenvalue weighted by atomic mass is 19.1. The van der Waals surface area contributed by atoms with Crippen LogP contribution < -0.4 is 5.32 Å². The Balaban J connectivity index is 1.99. The van der Waals surface area contributed by atoms with Crippen molar-refractivity contribution in [1.82, 2.24) is 5.32 Å². The molecule has 3 atom stereocenters. The summed E-state index contributed by atoms with van der Waals surface area (Å²) in [5.74, 6) is -0.258. The van der Waals surface area contributed by atoms with Crippen molar-refractivity contribution in [3.63, 3.8) is 0 Å². The van der Waals surface area contributed by atoms with Crippen molar-refractivity contribution in [2.75, 3.05) is 0 Å². The molecule has 1 saturated heterocycles. The van der Waals surface area contributed by atoms with E-state index < -0.39 is 6.10 Å². The average molecular weight is 251 g/mol. The Bertz CT molecular complexity index is 363. The molecule has 1 fully saturated rings. The maximum Gasteiger partial charge on any atom is 0.123 e. The summed E-state index contributed by atoms with van der Waals surface area (Å²) in [5, 5.41) is 13.9. The van der Waals surface area contributed by atoms with Crippen LogP contribution in [0.2, 0.25) is 0 Å². The van der Waals surface area contributed by atoms with Crippen LogP contribution in [0.1, 0.15) is 50.7 Å². The molecule has 1 aliphatic heterocycles. The number of halogens is 1. The average Bonchev–Trinajstić information content (AvgIpc) is 2.39. The Morgan fingerprint density at radius 3 is 2.72 bits per heavy atom. The Kier molecular flexibility index (Phi) is 4.72. The van der Waals surface area contributed by atoms with Gasteiger partial charge >= 0.3 is 0 Å². The quantitative estimate of drug-likeness (QED) is 0.861. The molecule has 0 radical (unpaired) electrons. The van der Waals surface area contributed by atoms with Crippen LogP contribution in [0.25, 0.3) is 0 Å². The van der Waals surface area contributed by atoms with Gasteiger partial charge in [-0.1, -0.05) is 31.9 Å². The van der Waals surface area contributed by atoms with E-state index in [4.69, 9.17) is 0 Å². The van der Waals surface area contributed by atoms with E-state index in [0.717, 1.165) is 31.2 Å². The topological polar surface area (TPSA) is 32.3 Å². The van der Waals surface area contributed by atoms with Crippen LogP contribution in [0.4, 0.5) is 4.39 Å². The number of piperidine rings is 1. The van der Waals surface area contributed by atoms with Gasteiger partial charge in [0.2, 0.25) is 0 Å². The lowest BCUT2D eigenvalue weighted by Gasteiger charge is -2.34. The predicted octanol–water partition coefficient (Wildman–Crippen LogP) is 3.17. The van der Waals surface area contributed by atoms with Gasteiger partial charge in [0, 0.05) is 12.1 Å². The van der Waals surface area contributed by atoms with Gasteiger partial charge in [0.05, 0.1) is 6.10 Å². The molecule has 2 N–H and O–H groups in total. The fourth-order valence-electron chi connectivity index (χ4n) is 2.77. The molecule has 100 valence electrons. The molecule has 1 aliphatic rings. The van der Waals surface area contributed by atoms with Crippen LogP contribution in [0.5, 0.6) is 0 Å². The molecular formula is C15H22FNO. The summed E-state index contributed by atoms with van der Waals surface area (Å²) >= 11 is 0. The van der Waals surface area contributed by atoms with Crippen LogP contribution in [0, 0.1) is 5.82 Å². The van der Waals surface area contributed by atoms with Crippen molar-refractivity contribution >= 4 is 0 Å². The van der Waals surface area contributed by atoms with Crippen LogP contribution in [-0.4, -0.2) is 17.2 Å². The van der Waals surface area contributed by atoms with Crippen LogP contribution in [0.15, 0.2) is 24.3 Å². The maximum atomic E-state index is 12.9. The largest absolute Gasteiger partial charge is 0.387 e. The summed E-state index contributed by atoms with van der Waals surface area (Å²) in [6.45, 7) is 2.18. The van der Waals surface area contributed by atoms with Gasteiger partial charge < -0.3 is 10.4 Å². The molecular weight excluding hydrogens is 229 g/mol. The highest BCUT2D eigenvalue weighted by Crippen LogP contribution is 2.26. The zero-order chi connectivity index (χ0) is 13.0. The number of benzene rings is 1. The van der Waals surface area contributed by atoms with Gasteiger partial charge in [0.25, 0.3) is 0 Å². The summed E-state index contributed by atoms with van der Waals surface area (Å²) in [5.41, 5.74) is 0.797. The second-order valence-corrected chi connectivity index (χ2v) is 5.19. The van der Waals surface area contributed by atoms with Gasteiger partial charge in [0.1, 0.15) is 5.82 Å². The molecule has 0 aromatic heterocycles. The second kappa shape index (κ2) is 6.30. The molecule has 1 aromatic rings. The predicted molar refractivity (Wildman–Crippen MR) is 70.8 cm³/mol. The smallest absolute Gasteiger partial charge is 0.123 e. The van der Waals surface area contributed by atoms with Gasteiger partial charge in [-0.25, -0.2) is 4.39 Å². The lowest BCUT2D eigenvalue weighted by molar-refractivity contribution is 0.0997. The first-order valence-corrected chi connectivity index (χ1v) is 6.90. The standard InChI is InChI=1S/C15H22FNO/c1-2-4-13-5-3-6-14(17-13)15(18)11-7-9-12(16)10-8-11/h7-10,13-15,17-18H,2-6H2,1H3. The number of hydrogen-bond acceptors (Lipinski definition) is 2. The molecule has 3 unspecified atom stereocenters. The third kappa shape index (κ3) is 3.30. The molecule has 3 heteroatoms. The number of hydrogen-bond donors (Lipinski definition) is 2. The lowest BCUT2D eigenvalue weighted by Crippen LogP contribution is -2.45. The molecule has 0 spiro atoms. The number of aliphatic hydroxyl groups is 1. The fraction of sp³-hybridized carbons (Fsp3) is 0.600. The molecule has 2 rings (SSSR count). The first-order valence-electron chi connectivity index (χ1n) is 6.90. The Hall–Kier alpha value is -0.930. The van der Waals surface area contributed by atoms with E-state index in [9.17, 15) is 9.50 Å². The maximum absolute atomic E-state index is 12.9. The third-order valence-electron chi connectivity index (χ3n) is 3.75. The van der Waals surface area contributed by atoms with E-state index in [1.165, 1.54) is 18.6 Å². The van der Waals surface area contributed by atoms with Gasteiger partial charge in [-0.15, -0.1) is 0 Å². The SMILES string of the molecule is CCCC1CCCC(C(O)c2ccc(F)cc2)N1. The van der Waals surface area contributed by atoms with Gasteiger partial charge in [-0.2, -0.15) is 0 Å². The Morgan fingerprint density at radius 2 is 2.06 bits per heavy atom. The van der Waals surface area contributed by atoms with Crippen LogP contribution in [-0.2, 0) is 0 Å². The van der Waals surface area contributed by atoms with Crippen molar-refractivity contribution in [3.8, 4) is 0 Å². The minimum absolute atomic E-state index is 0.0979. The zero-order valence-electron chi connectivity index (χ0n) is 10.9. The highest BCUT2D eigenvalue weighted by Gasteiger charge is 2.26. The Morgan fingerprint density at radius 1 is 1.33 bits per heavy atom. The summed E-state index contributed by atoms with van der Waals surface area (Å²) in [7, 11) is 0. The number of aliphatic hydroxyl groups excluding tert-OH is 1. The van der Waals surface area contributed by atoms with Crippen molar-refractivity contribution in [1.29, 1.82) is 0 Å². The summed E-state index contributed by atoms with van der Waals surface area (Å²) in [6.07, 6.45) is 5.12. The normalized spacial score (nSPS) is 25.9. The number of nitrogens with one attached hydrogen (secondary N) is 1. The molecule has 18 heavy (non-hydrogen) atoms. The first kappa shape index (κ1) is 13.5. The Labute approximate surface area is 108 Å². The summed E-state index contributed by atoms with van der Waals surface area (Å²) in [4.78, 5) is 0. The van der Waals surface area contributed by atoms with E-state index in [1.54, 1.807) is 12.1 Å². The van der Waals surface area contributed by atoms with E-state index in [1.807, 2.05) is 0 Å². The van der Waals surface area contributed by atoms with Gasteiger partial charge in [0.15, 0.2) is 0 Å².